The van der Waals surface area contributed by atoms with Gasteiger partial charge in [0, 0.05) is 49.7 Å². The quantitative estimate of drug-likeness (QED) is 0.138. The van der Waals surface area contributed by atoms with Gasteiger partial charge in [0.2, 0.25) is 0 Å². The first kappa shape index (κ1) is 34.8. The molecule has 0 aliphatic carbocycles. The van der Waals surface area contributed by atoms with Crippen LogP contribution in [0.2, 0.25) is 0 Å². The van der Waals surface area contributed by atoms with Crippen LogP contribution in [0.25, 0.3) is 77.3 Å². The summed E-state index contributed by atoms with van der Waals surface area (Å²) in [7, 11) is 0. The molecule has 2 heterocycles. The molecular formula is C55H39NO2. The van der Waals surface area contributed by atoms with Crippen molar-refractivity contribution in [3.63, 3.8) is 0 Å². The van der Waals surface area contributed by atoms with E-state index in [4.69, 9.17) is 8.83 Å². The maximum Gasteiger partial charge on any atom is 0.143 e. The standard InChI is InChI=1S/C55H39NO2/c1-3-38(24-23-37(2)39-13-5-4-6-14-39)40-25-31-43(32-26-40)56(44-33-27-41(28-34-44)46-17-11-19-50-48-15-7-9-21-52(48)57-54(46)50)45-35-29-42(30-36-45)47-18-12-20-51-49-16-8-10-22-53(49)58-55(47)51/h3-36H,2H2,1H3/b24-23-,38-3+. The van der Waals surface area contributed by atoms with Gasteiger partial charge in [0.15, 0.2) is 0 Å². The van der Waals surface area contributed by atoms with Gasteiger partial charge in [-0.15, -0.1) is 0 Å². The van der Waals surface area contributed by atoms with Crippen LogP contribution in [0.5, 0.6) is 0 Å². The molecule has 10 rings (SSSR count). The fraction of sp³-hybridized carbons (Fsp3) is 0.0182. The van der Waals surface area contributed by atoms with Crippen molar-refractivity contribution in [2.45, 2.75) is 6.92 Å². The fourth-order valence-corrected chi connectivity index (χ4v) is 8.08. The first-order valence-electron chi connectivity index (χ1n) is 19.6. The lowest BCUT2D eigenvalue weighted by Crippen LogP contribution is -2.10. The van der Waals surface area contributed by atoms with Crippen molar-refractivity contribution in [2.75, 3.05) is 4.90 Å². The second-order valence-electron chi connectivity index (χ2n) is 14.5. The molecule has 0 aliphatic heterocycles. The molecule has 0 aliphatic rings. The maximum absolute atomic E-state index is 6.41. The Bertz CT molecular complexity index is 3000. The van der Waals surface area contributed by atoms with Crippen LogP contribution in [0.3, 0.4) is 0 Å². The van der Waals surface area contributed by atoms with Gasteiger partial charge in [-0.05, 0) is 88.9 Å². The first-order chi connectivity index (χ1) is 28.6. The van der Waals surface area contributed by atoms with E-state index in [1.54, 1.807) is 0 Å². The Morgan fingerprint density at radius 1 is 0.431 bits per heavy atom. The van der Waals surface area contributed by atoms with Crippen LogP contribution >= 0.6 is 0 Å². The predicted molar refractivity (Wildman–Crippen MR) is 245 cm³/mol. The number of hydrogen-bond acceptors (Lipinski definition) is 3. The van der Waals surface area contributed by atoms with Gasteiger partial charge in [-0.3, -0.25) is 0 Å². The molecular weight excluding hydrogens is 707 g/mol. The molecule has 0 amide bonds. The lowest BCUT2D eigenvalue weighted by Gasteiger charge is -2.26. The van der Waals surface area contributed by atoms with Crippen molar-refractivity contribution in [3.8, 4) is 22.3 Å². The Kier molecular flexibility index (Phi) is 8.89. The molecule has 0 unspecified atom stereocenters. The van der Waals surface area contributed by atoms with Gasteiger partial charge < -0.3 is 13.7 Å². The lowest BCUT2D eigenvalue weighted by atomic mass is 10.00. The van der Waals surface area contributed by atoms with Crippen molar-refractivity contribution < 1.29 is 8.83 Å². The number of furan rings is 2. The fourth-order valence-electron chi connectivity index (χ4n) is 8.08. The zero-order valence-corrected chi connectivity index (χ0v) is 32.1. The van der Waals surface area contributed by atoms with Crippen molar-refractivity contribution >= 4 is 72.1 Å². The monoisotopic (exact) mass is 745 g/mol. The number of rotatable bonds is 9. The smallest absolute Gasteiger partial charge is 0.143 e. The molecule has 0 spiro atoms. The van der Waals surface area contributed by atoms with Crippen molar-refractivity contribution in [1.82, 2.24) is 0 Å². The zero-order chi connectivity index (χ0) is 39.0. The van der Waals surface area contributed by atoms with E-state index in [1.165, 1.54) is 0 Å². The van der Waals surface area contributed by atoms with E-state index in [1.807, 2.05) is 42.5 Å². The largest absolute Gasteiger partial charge is 0.455 e. The van der Waals surface area contributed by atoms with Crippen molar-refractivity contribution in [1.29, 1.82) is 0 Å². The summed E-state index contributed by atoms with van der Waals surface area (Å²) in [6.07, 6.45) is 6.38. The molecule has 2 aromatic heterocycles. The first-order valence-corrected chi connectivity index (χ1v) is 19.6. The van der Waals surface area contributed by atoms with Gasteiger partial charge in [-0.2, -0.15) is 0 Å². The molecule has 0 saturated heterocycles. The van der Waals surface area contributed by atoms with Gasteiger partial charge in [0.1, 0.15) is 22.3 Å². The van der Waals surface area contributed by atoms with E-state index in [0.717, 1.165) is 105 Å². The Morgan fingerprint density at radius 3 is 1.38 bits per heavy atom. The topological polar surface area (TPSA) is 29.5 Å². The number of benzene rings is 8. The number of para-hydroxylation sites is 4. The van der Waals surface area contributed by atoms with E-state index in [2.05, 4.69) is 182 Å². The van der Waals surface area contributed by atoms with Gasteiger partial charge in [0.05, 0.1) is 0 Å². The summed E-state index contributed by atoms with van der Waals surface area (Å²) in [6, 6.07) is 65.9. The van der Waals surface area contributed by atoms with Crippen LogP contribution in [0.4, 0.5) is 17.1 Å². The molecule has 0 bridgehead atoms. The highest BCUT2D eigenvalue weighted by Crippen LogP contribution is 2.41. The van der Waals surface area contributed by atoms with Crippen molar-refractivity contribution in [2.24, 2.45) is 0 Å². The van der Waals surface area contributed by atoms with Crippen LogP contribution in [0.15, 0.2) is 222 Å². The van der Waals surface area contributed by atoms with Crippen LogP contribution in [0.1, 0.15) is 18.1 Å². The summed E-state index contributed by atoms with van der Waals surface area (Å²) in [5.74, 6) is 0. The third kappa shape index (κ3) is 6.29. The molecule has 10 aromatic rings. The molecule has 0 saturated carbocycles. The summed E-state index contributed by atoms with van der Waals surface area (Å²) in [6.45, 7) is 6.37. The Labute approximate surface area is 337 Å². The lowest BCUT2D eigenvalue weighted by molar-refractivity contribution is 0.669. The molecule has 8 aromatic carbocycles. The van der Waals surface area contributed by atoms with E-state index >= 15 is 0 Å². The Morgan fingerprint density at radius 2 is 0.879 bits per heavy atom. The summed E-state index contributed by atoms with van der Waals surface area (Å²) < 4.78 is 12.8. The molecule has 0 N–H and O–H groups in total. The maximum atomic E-state index is 6.41. The highest BCUT2D eigenvalue weighted by Gasteiger charge is 2.17. The summed E-state index contributed by atoms with van der Waals surface area (Å²) in [5.41, 5.74) is 15.4. The van der Waals surface area contributed by atoms with E-state index in [9.17, 15) is 0 Å². The van der Waals surface area contributed by atoms with Crippen LogP contribution in [-0.4, -0.2) is 0 Å². The molecule has 3 nitrogen and oxygen atoms in total. The predicted octanol–water partition coefficient (Wildman–Crippen LogP) is 16.0. The molecule has 0 fully saturated rings. The average molecular weight is 746 g/mol. The molecule has 0 atom stereocenters. The third-order valence-corrected chi connectivity index (χ3v) is 11.1. The number of allylic oxidation sites excluding steroid dienone is 5. The molecule has 58 heavy (non-hydrogen) atoms. The van der Waals surface area contributed by atoms with Gasteiger partial charge in [0.25, 0.3) is 0 Å². The van der Waals surface area contributed by atoms with Crippen LogP contribution in [-0.2, 0) is 0 Å². The third-order valence-electron chi connectivity index (χ3n) is 11.1. The number of anilines is 3. The van der Waals surface area contributed by atoms with E-state index in [0.29, 0.717) is 0 Å². The van der Waals surface area contributed by atoms with E-state index in [-0.39, 0.29) is 0 Å². The minimum absolute atomic E-state index is 0.897. The van der Waals surface area contributed by atoms with Crippen LogP contribution in [0, 0.1) is 0 Å². The molecule has 276 valence electrons. The van der Waals surface area contributed by atoms with Crippen LogP contribution < -0.4 is 4.90 Å². The highest BCUT2D eigenvalue weighted by molar-refractivity contribution is 6.10. The second-order valence-corrected chi connectivity index (χ2v) is 14.5. The minimum atomic E-state index is 0.897. The summed E-state index contributed by atoms with van der Waals surface area (Å²) in [5, 5.41) is 4.50. The number of nitrogens with zero attached hydrogens (tertiary/aromatic N) is 1. The minimum Gasteiger partial charge on any atom is -0.455 e. The van der Waals surface area contributed by atoms with Crippen molar-refractivity contribution in [3.05, 3.63) is 224 Å². The second kappa shape index (κ2) is 14.8. The Balaban J connectivity index is 1.02. The number of fused-ring (bicyclic) bond motifs is 6. The summed E-state index contributed by atoms with van der Waals surface area (Å²) >= 11 is 0. The average Bonchev–Trinajstić information content (AvgIpc) is 3.87. The Hall–Kier alpha value is -7.62. The highest BCUT2D eigenvalue weighted by atomic mass is 16.3. The molecule has 3 heteroatoms. The van der Waals surface area contributed by atoms with Gasteiger partial charge in [-0.25, -0.2) is 0 Å². The van der Waals surface area contributed by atoms with E-state index < -0.39 is 0 Å². The SMILES string of the molecule is C=C(/C=C\C(=C/C)c1ccc(N(c2ccc(-c3cccc4c3oc3ccccc34)cc2)c2ccc(-c3cccc4c3oc3ccccc34)cc2)cc1)c1ccccc1. The normalized spacial score (nSPS) is 12.0. The molecule has 0 radical (unpaired) electrons. The van der Waals surface area contributed by atoms with Gasteiger partial charge >= 0.3 is 0 Å². The zero-order valence-electron chi connectivity index (χ0n) is 32.1. The van der Waals surface area contributed by atoms with Gasteiger partial charge in [-0.1, -0.05) is 164 Å². The summed E-state index contributed by atoms with van der Waals surface area (Å²) in [4.78, 5) is 2.31. The number of hydrogen-bond donors (Lipinski definition) is 0.